The van der Waals surface area contributed by atoms with Crippen molar-refractivity contribution in [3.63, 3.8) is 0 Å². The summed E-state index contributed by atoms with van der Waals surface area (Å²) >= 11 is 0. The van der Waals surface area contributed by atoms with Gasteiger partial charge in [0.25, 0.3) is 5.56 Å². The lowest BCUT2D eigenvalue weighted by Crippen LogP contribution is -2.52. The molecule has 2 aliphatic heterocycles. The maximum absolute atomic E-state index is 12.9. The number of nitrogens with zero attached hydrogens (tertiary/aromatic N) is 2. The molecule has 0 spiro atoms. The van der Waals surface area contributed by atoms with Gasteiger partial charge in [0.05, 0.1) is 13.2 Å². The number of rotatable bonds is 4. The van der Waals surface area contributed by atoms with Crippen molar-refractivity contribution in [3.05, 3.63) is 27.0 Å². The van der Waals surface area contributed by atoms with E-state index in [0.29, 0.717) is 26.3 Å². The summed E-state index contributed by atoms with van der Waals surface area (Å²) in [7, 11) is -3.95. The number of aromatic amines is 2. The molecule has 2 aliphatic rings. The number of morpholine rings is 1. The van der Waals surface area contributed by atoms with Gasteiger partial charge in [-0.05, 0) is 12.8 Å². The molecule has 1 aromatic rings. The Morgan fingerprint density at radius 2 is 1.92 bits per heavy atom. The molecule has 0 aliphatic carbocycles. The summed E-state index contributed by atoms with van der Waals surface area (Å²) < 4.78 is 32.6. The number of nitrogens with one attached hydrogen (secondary N) is 2. The molecule has 0 aromatic carbocycles. The van der Waals surface area contributed by atoms with Crippen molar-refractivity contribution >= 4 is 10.0 Å². The summed E-state index contributed by atoms with van der Waals surface area (Å²) in [6.45, 7) is 3.88. The van der Waals surface area contributed by atoms with Crippen molar-refractivity contribution in [3.8, 4) is 0 Å². The molecule has 3 rings (SSSR count). The summed E-state index contributed by atoms with van der Waals surface area (Å²) in [5.74, 6) is 0. The van der Waals surface area contributed by atoms with Crippen LogP contribution in [-0.4, -0.2) is 73.0 Å². The number of sulfonamides is 1. The van der Waals surface area contributed by atoms with Crippen LogP contribution >= 0.6 is 0 Å². The maximum atomic E-state index is 12.9. The number of piperidine rings is 1. The first-order chi connectivity index (χ1) is 11.5. The van der Waals surface area contributed by atoms with Crippen LogP contribution in [0, 0.1) is 0 Å². The quantitative estimate of drug-likeness (QED) is 0.709. The fraction of sp³-hybridized carbons (Fsp3) is 0.714. The Morgan fingerprint density at radius 3 is 2.62 bits per heavy atom. The van der Waals surface area contributed by atoms with Crippen LogP contribution < -0.4 is 11.2 Å². The second-order valence-corrected chi connectivity index (χ2v) is 7.97. The largest absolute Gasteiger partial charge is 0.379 e. The number of ether oxygens (including phenoxy) is 1. The van der Waals surface area contributed by atoms with Gasteiger partial charge in [0, 0.05) is 38.4 Å². The average Bonchev–Trinajstić information content (AvgIpc) is 2.56. The summed E-state index contributed by atoms with van der Waals surface area (Å²) in [5, 5.41) is 0. The fourth-order valence-electron chi connectivity index (χ4n) is 3.27. The highest BCUT2D eigenvalue weighted by atomic mass is 32.2. The molecule has 0 radical (unpaired) electrons. The van der Waals surface area contributed by atoms with Crippen LogP contribution in [0.3, 0.4) is 0 Å². The van der Waals surface area contributed by atoms with Crippen LogP contribution in [-0.2, 0) is 14.8 Å². The van der Waals surface area contributed by atoms with E-state index in [9.17, 15) is 18.0 Å². The topological polar surface area (TPSA) is 116 Å². The van der Waals surface area contributed by atoms with E-state index >= 15 is 0 Å². The molecule has 134 valence electrons. The van der Waals surface area contributed by atoms with E-state index in [1.54, 1.807) is 0 Å². The van der Waals surface area contributed by atoms with Crippen molar-refractivity contribution in [2.24, 2.45) is 0 Å². The smallest absolute Gasteiger partial charge is 0.325 e. The van der Waals surface area contributed by atoms with Crippen LogP contribution in [0.5, 0.6) is 0 Å². The van der Waals surface area contributed by atoms with Crippen LogP contribution in [0.2, 0.25) is 0 Å². The van der Waals surface area contributed by atoms with Crippen molar-refractivity contribution in [2.45, 2.75) is 30.2 Å². The highest BCUT2D eigenvalue weighted by Gasteiger charge is 2.36. The highest BCUT2D eigenvalue weighted by molar-refractivity contribution is 7.89. The molecule has 2 N–H and O–H groups in total. The van der Waals surface area contributed by atoms with Crippen LogP contribution in [0.1, 0.15) is 19.3 Å². The SMILES string of the molecule is O=c1[nH]cc(S(=O)(=O)N2CCCC[C@@H]2CN2CCOCC2)c(=O)[nH]1. The van der Waals surface area contributed by atoms with Gasteiger partial charge < -0.3 is 9.72 Å². The third-order valence-corrected chi connectivity index (χ3v) is 6.47. The van der Waals surface area contributed by atoms with Gasteiger partial charge in [0.15, 0.2) is 4.90 Å². The van der Waals surface area contributed by atoms with Gasteiger partial charge in [-0.15, -0.1) is 0 Å². The van der Waals surface area contributed by atoms with Gasteiger partial charge in [0.1, 0.15) is 0 Å². The Balaban J connectivity index is 1.85. The third-order valence-electron chi connectivity index (χ3n) is 4.52. The molecule has 1 aromatic heterocycles. The lowest BCUT2D eigenvalue weighted by atomic mass is 10.0. The molecule has 1 atom stereocenters. The number of hydrogen-bond acceptors (Lipinski definition) is 6. The normalized spacial score (nSPS) is 24.1. The number of hydrogen-bond donors (Lipinski definition) is 2. The lowest BCUT2D eigenvalue weighted by molar-refractivity contribution is 0.0262. The Hall–Kier alpha value is -1.49. The first-order valence-electron chi connectivity index (χ1n) is 8.12. The molecule has 0 amide bonds. The highest BCUT2D eigenvalue weighted by Crippen LogP contribution is 2.24. The molecular weight excluding hydrogens is 336 g/mol. The zero-order valence-corrected chi connectivity index (χ0v) is 14.2. The zero-order valence-electron chi connectivity index (χ0n) is 13.4. The van der Waals surface area contributed by atoms with Crippen molar-refractivity contribution in [1.82, 2.24) is 19.2 Å². The predicted octanol–water partition coefficient (Wildman–Crippen LogP) is -1.06. The Morgan fingerprint density at radius 1 is 1.17 bits per heavy atom. The van der Waals surface area contributed by atoms with E-state index < -0.39 is 26.2 Å². The van der Waals surface area contributed by atoms with E-state index in [1.165, 1.54) is 4.31 Å². The molecule has 0 saturated carbocycles. The van der Waals surface area contributed by atoms with Crippen LogP contribution in [0.25, 0.3) is 0 Å². The molecule has 24 heavy (non-hydrogen) atoms. The minimum atomic E-state index is -3.95. The van der Waals surface area contributed by atoms with Gasteiger partial charge in [-0.2, -0.15) is 4.31 Å². The minimum Gasteiger partial charge on any atom is -0.379 e. The zero-order chi connectivity index (χ0) is 17.2. The molecule has 2 fully saturated rings. The standard InChI is InChI=1S/C14H22N4O5S/c19-13-12(9-15-14(20)16-13)24(21,22)18-4-2-1-3-11(18)10-17-5-7-23-8-6-17/h9,11H,1-8,10H2,(H2,15,16,19,20)/t11-/m1/s1. The molecule has 0 unspecified atom stereocenters. The van der Waals surface area contributed by atoms with Crippen molar-refractivity contribution in [2.75, 3.05) is 39.4 Å². The second-order valence-electron chi connectivity index (χ2n) is 6.11. The van der Waals surface area contributed by atoms with E-state index in [0.717, 1.165) is 38.5 Å². The Labute approximate surface area is 139 Å². The van der Waals surface area contributed by atoms with Gasteiger partial charge in [-0.25, -0.2) is 13.2 Å². The minimum absolute atomic E-state index is 0.173. The van der Waals surface area contributed by atoms with Gasteiger partial charge >= 0.3 is 5.69 Å². The van der Waals surface area contributed by atoms with Crippen molar-refractivity contribution in [1.29, 1.82) is 0 Å². The van der Waals surface area contributed by atoms with Crippen molar-refractivity contribution < 1.29 is 13.2 Å². The first-order valence-corrected chi connectivity index (χ1v) is 9.56. The predicted molar refractivity (Wildman–Crippen MR) is 86.5 cm³/mol. The Bertz CT molecular complexity index is 781. The first kappa shape index (κ1) is 17.3. The maximum Gasteiger partial charge on any atom is 0.325 e. The monoisotopic (exact) mass is 358 g/mol. The van der Waals surface area contributed by atoms with Gasteiger partial charge in [0.2, 0.25) is 10.0 Å². The van der Waals surface area contributed by atoms with Crippen LogP contribution in [0.15, 0.2) is 20.7 Å². The molecule has 2 saturated heterocycles. The lowest BCUT2D eigenvalue weighted by Gasteiger charge is -2.38. The van der Waals surface area contributed by atoms with E-state index in [1.807, 2.05) is 4.98 Å². The molecule has 10 heteroatoms. The van der Waals surface area contributed by atoms with Gasteiger partial charge in [-0.1, -0.05) is 6.42 Å². The summed E-state index contributed by atoms with van der Waals surface area (Å²) in [6, 6.07) is -0.173. The molecule has 9 nitrogen and oxygen atoms in total. The summed E-state index contributed by atoms with van der Waals surface area (Å²) in [6.07, 6.45) is 3.47. The second kappa shape index (κ2) is 7.18. The summed E-state index contributed by atoms with van der Waals surface area (Å²) in [5.41, 5.74) is -1.60. The molecule has 0 bridgehead atoms. The molecule has 3 heterocycles. The Kier molecular flexibility index (Phi) is 5.18. The van der Waals surface area contributed by atoms with E-state index in [2.05, 4.69) is 9.88 Å². The number of H-pyrrole nitrogens is 2. The fourth-order valence-corrected chi connectivity index (χ4v) is 4.95. The van der Waals surface area contributed by atoms with E-state index in [-0.39, 0.29) is 6.04 Å². The van der Waals surface area contributed by atoms with Crippen LogP contribution in [0.4, 0.5) is 0 Å². The molecular formula is C14H22N4O5S. The third kappa shape index (κ3) is 3.61. The number of aromatic nitrogens is 2. The average molecular weight is 358 g/mol. The van der Waals surface area contributed by atoms with Gasteiger partial charge in [-0.3, -0.25) is 14.7 Å². The summed E-state index contributed by atoms with van der Waals surface area (Å²) in [4.78, 5) is 29.1. The van der Waals surface area contributed by atoms with E-state index in [4.69, 9.17) is 4.74 Å².